The van der Waals surface area contributed by atoms with Crippen molar-refractivity contribution in [1.29, 1.82) is 0 Å². The van der Waals surface area contributed by atoms with Gasteiger partial charge in [0.1, 0.15) is 0 Å². The van der Waals surface area contributed by atoms with Crippen LogP contribution in [0.5, 0.6) is 0 Å². The molecule has 0 aromatic heterocycles. The first-order valence-electron chi connectivity index (χ1n) is 6.71. The number of hydrogen-bond acceptors (Lipinski definition) is 2. The third-order valence-corrected chi connectivity index (χ3v) is 4.71. The minimum Gasteiger partial charge on any atom is -0.393 e. The van der Waals surface area contributed by atoms with Crippen LogP contribution in [0.3, 0.4) is 0 Å². The molecule has 1 N–H and O–H groups in total. The molecule has 4 heteroatoms. The summed E-state index contributed by atoms with van der Waals surface area (Å²) in [5.41, 5.74) is 1.17. The average molecular weight is 302 g/mol. The van der Waals surface area contributed by atoms with Crippen molar-refractivity contribution in [2.75, 3.05) is 20.6 Å². The Morgan fingerprint density at radius 2 is 2.05 bits per heavy atom. The van der Waals surface area contributed by atoms with E-state index in [4.69, 9.17) is 23.2 Å². The second-order valence-corrected chi connectivity index (χ2v) is 6.71. The first-order chi connectivity index (χ1) is 8.93. The fraction of sp³-hybridized carbons (Fsp3) is 0.600. The summed E-state index contributed by atoms with van der Waals surface area (Å²) >= 11 is 12.2. The summed E-state index contributed by atoms with van der Waals surface area (Å²) in [6, 6.07) is 5.87. The van der Waals surface area contributed by atoms with Gasteiger partial charge in [-0.2, -0.15) is 0 Å². The highest BCUT2D eigenvalue weighted by Crippen LogP contribution is 2.41. The van der Waals surface area contributed by atoms with Gasteiger partial charge in [0.2, 0.25) is 0 Å². The van der Waals surface area contributed by atoms with Crippen LogP contribution in [-0.4, -0.2) is 36.8 Å². The standard InChI is InChI=1S/C15H21Cl2NO/c1-18(2)10-15(7-3-4-12(19)9-15)11-5-6-13(16)14(17)8-11/h5-6,8,12,19H,3-4,7,9-10H2,1-2H3/t12-,15-/m1/s1. The molecule has 0 saturated heterocycles. The van der Waals surface area contributed by atoms with Crippen LogP contribution < -0.4 is 0 Å². The first kappa shape index (κ1) is 15.1. The van der Waals surface area contributed by atoms with Crippen molar-refractivity contribution in [2.45, 2.75) is 37.2 Å². The second kappa shape index (κ2) is 6.01. The Morgan fingerprint density at radius 1 is 1.32 bits per heavy atom. The molecular weight excluding hydrogens is 281 g/mol. The van der Waals surface area contributed by atoms with E-state index in [1.165, 1.54) is 5.56 Å². The number of rotatable bonds is 3. The van der Waals surface area contributed by atoms with Crippen LogP contribution in [0, 0.1) is 0 Å². The maximum atomic E-state index is 10.1. The summed E-state index contributed by atoms with van der Waals surface area (Å²) in [6.45, 7) is 0.919. The van der Waals surface area contributed by atoms with E-state index in [-0.39, 0.29) is 11.5 Å². The predicted octanol–water partition coefficient (Wildman–Crippen LogP) is 3.73. The lowest BCUT2D eigenvalue weighted by atomic mass is 9.68. The smallest absolute Gasteiger partial charge is 0.0595 e. The number of likely N-dealkylation sites (N-methyl/N-ethyl adjacent to an activating group) is 1. The quantitative estimate of drug-likeness (QED) is 0.919. The first-order valence-corrected chi connectivity index (χ1v) is 7.47. The second-order valence-electron chi connectivity index (χ2n) is 5.90. The molecule has 1 saturated carbocycles. The molecule has 2 nitrogen and oxygen atoms in total. The van der Waals surface area contributed by atoms with Gasteiger partial charge in [-0.3, -0.25) is 0 Å². The number of benzene rings is 1. The van der Waals surface area contributed by atoms with Crippen molar-refractivity contribution < 1.29 is 5.11 Å². The van der Waals surface area contributed by atoms with Crippen LogP contribution in [0.25, 0.3) is 0 Å². The van der Waals surface area contributed by atoms with Gasteiger partial charge in [0.25, 0.3) is 0 Å². The Morgan fingerprint density at radius 3 is 2.63 bits per heavy atom. The van der Waals surface area contributed by atoms with E-state index >= 15 is 0 Å². The lowest BCUT2D eigenvalue weighted by Crippen LogP contribution is -2.43. The molecule has 106 valence electrons. The van der Waals surface area contributed by atoms with Gasteiger partial charge in [0.05, 0.1) is 16.1 Å². The molecule has 1 aromatic carbocycles. The molecule has 0 aliphatic heterocycles. The minimum atomic E-state index is -0.219. The zero-order valence-electron chi connectivity index (χ0n) is 11.5. The molecule has 19 heavy (non-hydrogen) atoms. The SMILES string of the molecule is CN(C)C[C@@]1(c2ccc(Cl)c(Cl)c2)CCC[C@@H](O)C1. The fourth-order valence-corrected chi connectivity index (χ4v) is 3.56. The molecule has 1 aliphatic carbocycles. The highest BCUT2D eigenvalue weighted by molar-refractivity contribution is 6.42. The maximum Gasteiger partial charge on any atom is 0.0595 e. The summed E-state index contributed by atoms with van der Waals surface area (Å²) in [7, 11) is 4.14. The molecule has 2 rings (SSSR count). The summed E-state index contributed by atoms with van der Waals surface area (Å²) in [4.78, 5) is 2.18. The summed E-state index contributed by atoms with van der Waals surface area (Å²) in [6.07, 6.45) is 3.61. The van der Waals surface area contributed by atoms with Crippen molar-refractivity contribution in [1.82, 2.24) is 4.90 Å². The van der Waals surface area contributed by atoms with Gasteiger partial charge >= 0.3 is 0 Å². The molecule has 0 radical (unpaired) electrons. The number of aliphatic hydroxyl groups excluding tert-OH is 1. The van der Waals surface area contributed by atoms with Crippen LogP contribution in [0.4, 0.5) is 0 Å². The van der Waals surface area contributed by atoms with Gasteiger partial charge in [-0.15, -0.1) is 0 Å². The van der Waals surface area contributed by atoms with Gasteiger partial charge in [-0.25, -0.2) is 0 Å². The molecule has 0 unspecified atom stereocenters. The average Bonchev–Trinajstić information content (AvgIpc) is 2.31. The van der Waals surface area contributed by atoms with E-state index in [0.717, 1.165) is 32.2 Å². The Balaban J connectivity index is 2.38. The van der Waals surface area contributed by atoms with E-state index < -0.39 is 0 Å². The van der Waals surface area contributed by atoms with Crippen LogP contribution in [0.2, 0.25) is 10.0 Å². The third-order valence-electron chi connectivity index (χ3n) is 3.97. The number of hydrogen-bond donors (Lipinski definition) is 1. The molecule has 0 bridgehead atoms. The van der Waals surface area contributed by atoms with Gasteiger partial charge < -0.3 is 10.0 Å². The molecule has 1 fully saturated rings. The van der Waals surface area contributed by atoms with Crippen LogP contribution in [0.15, 0.2) is 18.2 Å². The van der Waals surface area contributed by atoms with Gasteiger partial charge in [-0.1, -0.05) is 29.3 Å². The van der Waals surface area contributed by atoms with E-state index in [2.05, 4.69) is 25.1 Å². The normalized spacial score (nSPS) is 27.8. The summed E-state index contributed by atoms with van der Waals surface area (Å²) in [5.74, 6) is 0. The van der Waals surface area contributed by atoms with E-state index in [1.807, 2.05) is 12.1 Å². The van der Waals surface area contributed by atoms with E-state index in [9.17, 15) is 5.11 Å². The molecule has 0 spiro atoms. The summed E-state index contributed by atoms with van der Waals surface area (Å²) < 4.78 is 0. The Hall–Kier alpha value is -0.280. The Labute approximate surface area is 125 Å². The van der Waals surface area contributed by atoms with Crippen molar-refractivity contribution in [3.05, 3.63) is 33.8 Å². The molecular formula is C15H21Cl2NO. The van der Waals surface area contributed by atoms with Gasteiger partial charge in [0, 0.05) is 12.0 Å². The molecule has 1 aromatic rings. The lowest BCUT2D eigenvalue weighted by molar-refractivity contribution is 0.0721. The Bertz CT molecular complexity index is 446. The molecule has 2 atom stereocenters. The monoisotopic (exact) mass is 301 g/mol. The maximum absolute atomic E-state index is 10.1. The third kappa shape index (κ3) is 3.43. The number of nitrogens with zero attached hydrogens (tertiary/aromatic N) is 1. The number of halogens is 2. The zero-order chi connectivity index (χ0) is 14.0. The van der Waals surface area contributed by atoms with Crippen molar-refractivity contribution >= 4 is 23.2 Å². The van der Waals surface area contributed by atoms with Crippen molar-refractivity contribution in [3.63, 3.8) is 0 Å². The van der Waals surface area contributed by atoms with Crippen molar-refractivity contribution in [3.8, 4) is 0 Å². The van der Waals surface area contributed by atoms with Crippen molar-refractivity contribution in [2.24, 2.45) is 0 Å². The summed E-state index contributed by atoms with van der Waals surface area (Å²) in [5, 5.41) is 11.2. The highest BCUT2D eigenvalue weighted by atomic mass is 35.5. The molecule has 0 heterocycles. The predicted molar refractivity (Wildman–Crippen MR) is 81.2 cm³/mol. The molecule has 1 aliphatic rings. The van der Waals surface area contributed by atoms with E-state index in [1.54, 1.807) is 0 Å². The van der Waals surface area contributed by atoms with Crippen LogP contribution in [-0.2, 0) is 5.41 Å². The highest BCUT2D eigenvalue weighted by Gasteiger charge is 2.38. The number of aliphatic hydroxyl groups is 1. The minimum absolute atomic E-state index is 0.0185. The molecule has 0 amide bonds. The van der Waals surface area contributed by atoms with Gasteiger partial charge in [-0.05, 0) is 57.5 Å². The van der Waals surface area contributed by atoms with E-state index in [0.29, 0.717) is 10.0 Å². The zero-order valence-corrected chi connectivity index (χ0v) is 13.0. The topological polar surface area (TPSA) is 23.5 Å². The van der Waals surface area contributed by atoms with Gasteiger partial charge in [0.15, 0.2) is 0 Å². The van der Waals surface area contributed by atoms with Crippen LogP contribution in [0.1, 0.15) is 31.2 Å². The Kier molecular flexibility index (Phi) is 4.78. The largest absolute Gasteiger partial charge is 0.393 e. The fourth-order valence-electron chi connectivity index (χ4n) is 3.26. The van der Waals surface area contributed by atoms with Crippen LogP contribution >= 0.6 is 23.2 Å². The lowest BCUT2D eigenvalue weighted by Gasteiger charge is -2.42.